The number of hydrogen-bond donors (Lipinski definition) is 1. The molecule has 0 bridgehead atoms. The van der Waals surface area contributed by atoms with Gasteiger partial charge in [-0.1, -0.05) is 0 Å². The first-order valence-corrected chi connectivity index (χ1v) is 8.25. The average Bonchev–Trinajstić information content (AvgIpc) is 2.95. The maximum absolute atomic E-state index is 11.7. The highest BCUT2D eigenvalue weighted by Crippen LogP contribution is 2.30. The number of ether oxygens (including phenoxy) is 1. The second-order valence-electron chi connectivity index (χ2n) is 5.00. The van der Waals surface area contributed by atoms with Crippen molar-refractivity contribution in [2.45, 2.75) is 45.4 Å². The van der Waals surface area contributed by atoms with E-state index in [0.29, 0.717) is 13.0 Å². The van der Waals surface area contributed by atoms with E-state index in [0.717, 1.165) is 5.69 Å². The minimum Gasteiger partial charge on any atom is -0.370 e. The summed E-state index contributed by atoms with van der Waals surface area (Å²) in [4.78, 5) is 0. The molecule has 0 radical (unpaired) electrons. The van der Waals surface area contributed by atoms with Crippen LogP contribution in [0.2, 0.25) is 0 Å². The van der Waals surface area contributed by atoms with Gasteiger partial charge in [-0.2, -0.15) is 5.10 Å². The molecule has 2 atom stereocenters. The van der Waals surface area contributed by atoms with Crippen molar-refractivity contribution in [3.63, 3.8) is 0 Å². The Kier molecular flexibility index (Phi) is 4.27. The third kappa shape index (κ3) is 3.16. The summed E-state index contributed by atoms with van der Waals surface area (Å²) in [6.45, 7) is 6.27. The summed E-state index contributed by atoms with van der Waals surface area (Å²) in [5.74, 6) is 0.0830. The number of nitrogens with zero attached hydrogens (tertiary/aromatic N) is 2. The van der Waals surface area contributed by atoms with E-state index in [2.05, 4.69) is 9.82 Å². The molecule has 1 saturated heterocycles. The van der Waals surface area contributed by atoms with Crippen molar-refractivity contribution in [1.29, 1.82) is 0 Å². The Hall–Kier alpha value is -0.920. The Bertz CT molecular complexity index is 524. The van der Waals surface area contributed by atoms with Crippen molar-refractivity contribution >= 4 is 10.0 Å². The summed E-state index contributed by atoms with van der Waals surface area (Å²) in [6.07, 6.45) is 2.15. The van der Waals surface area contributed by atoms with Gasteiger partial charge >= 0.3 is 0 Å². The minimum absolute atomic E-state index is 0.0830. The molecule has 0 aromatic carbocycles. The second kappa shape index (κ2) is 5.60. The van der Waals surface area contributed by atoms with Crippen LogP contribution in [0.15, 0.2) is 12.3 Å². The van der Waals surface area contributed by atoms with E-state index in [9.17, 15) is 8.42 Å². The normalized spacial score (nSPS) is 24.2. The molecule has 1 aliphatic heterocycles. The first-order chi connectivity index (χ1) is 8.94. The number of aromatic nitrogens is 2. The summed E-state index contributed by atoms with van der Waals surface area (Å²) >= 11 is 0. The van der Waals surface area contributed by atoms with Gasteiger partial charge in [0.2, 0.25) is 10.0 Å². The lowest BCUT2D eigenvalue weighted by atomic mass is 10.1. The highest BCUT2D eigenvalue weighted by atomic mass is 32.2. The van der Waals surface area contributed by atoms with Crippen molar-refractivity contribution in [3.8, 4) is 0 Å². The van der Waals surface area contributed by atoms with Crippen LogP contribution in [0.25, 0.3) is 0 Å². The van der Waals surface area contributed by atoms with E-state index in [4.69, 9.17) is 4.74 Å². The van der Waals surface area contributed by atoms with Gasteiger partial charge in [-0.25, -0.2) is 13.1 Å². The van der Waals surface area contributed by atoms with Crippen LogP contribution in [0.1, 0.15) is 45.0 Å². The summed E-state index contributed by atoms with van der Waals surface area (Å²) in [7, 11) is -3.22. The maximum atomic E-state index is 11.7. The van der Waals surface area contributed by atoms with Crippen LogP contribution in [0.5, 0.6) is 0 Å². The standard InChI is InChI=1S/C12H21N3O3S/c1-4-19(16,17)14-10-6-8-18-12(10)11-5-7-13-15(11)9(2)3/h5,7,9-10,12,14H,4,6,8H2,1-3H3/t10-,12-/m0/s1. The van der Waals surface area contributed by atoms with Crippen LogP contribution in [-0.2, 0) is 14.8 Å². The zero-order valence-corrected chi connectivity index (χ0v) is 12.4. The van der Waals surface area contributed by atoms with Gasteiger partial charge < -0.3 is 4.74 Å². The Balaban J connectivity index is 2.21. The second-order valence-corrected chi connectivity index (χ2v) is 7.04. The predicted molar refractivity (Wildman–Crippen MR) is 72.3 cm³/mol. The number of sulfonamides is 1. The van der Waals surface area contributed by atoms with E-state index in [-0.39, 0.29) is 23.9 Å². The zero-order chi connectivity index (χ0) is 14.0. The van der Waals surface area contributed by atoms with Gasteiger partial charge in [0.1, 0.15) is 6.10 Å². The van der Waals surface area contributed by atoms with Crippen LogP contribution >= 0.6 is 0 Å². The molecule has 6 nitrogen and oxygen atoms in total. The largest absolute Gasteiger partial charge is 0.370 e. The Morgan fingerprint density at radius 3 is 2.95 bits per heavy atom. The molecule has 1 aromatic rings. The minimum atomic E-state index is -3.22. The van der Waals surface area contributed by atoms with E-state index in [1.807, 2.05) is 24.6 Å². The molecular weight excluding hydrogens is 266 g/mol. The molecule has 2 rings (SSSR count). The molecule has 0 unspecified atom stereocenters. The highest BCUT2D eigenvalue weighted by molar-refractivity contribution is 7.89. The van der Waals surface area contributed by atoms with Crippen LogP contribution in [-0.4, -0.2) is 36.6 Å². The lowest BCUT2D eigenvalue weighted by molar-refractivity contribution is 0.0938. The fourth-order valence-electron chi connectivity index (χ4n) is 2.30. The molecule has 1 aromatic heterocycles. The van der Waals surface area contributed by atoms with E-state index < -0.39 is 10.0 Å². The van der Waals surface area contributed by atoms with Gasteiger partial charge in [-0.15, -0.1) is 0 Å². The molecule has 1 N–H and O–H groups in total. The summed E-state index contributed by atoms with van der Waals surface area (Å²) < 4.78 is 33.7. The lowest BCUT2D eigenvalue weighted by Gasteiger charge is -2.21. The van der Waals surface area contributed by atoms with Gasteiger partial charge in [0.05, 0.1) is 17.5 Å². The van der Waals surface area contributed by atoms with E-state index in [1.165, 1.54) is 0 Å². The van der Waals surface area contributed by atoms with Gasteiger partial charge in [-0.3, -0.25) is 4.68 Å². The summed E-state index contributed by atoms with van der Waals surface area (Å²) in [6, 6.07) is 1.90. The molecule has 0 amide bonds. The van der Waals surface area contributed by atoms with Crippen LogP contribution < -0.4 is 4.72 Å². The molecule has 108 valence electrons. The monoisotopic (exact) mass is 287 g/mol. The van der Waals surface area contributed by atoms with Crippen LogP contribution in [0.3, 0.4) is 0 Å². The van der Waals surface area contributed by atoms with E-state index in [1.54, 1.807) is 13.1 Å². The van der Waals surface area contributed by atoms with Gasteiger partial charge in [-0.05, 0) is 33.3 Å². The topological polar surface area (TPSA) is 73.2 Å². The average molecular weight is 287 g/mol. The molecule has 7 heteroatoms. The third-order valence-corrected chi connectivity index (χ3v) is 4.71. The third-order valence-electron chi connectivity index (χ3n) is 3.28. The molecule has 0 spiro atoms. The number of hydrogen-bond acceptors (Lipinski definition) is 4. The van der Waals surface area contributed by atoms with Gasteiger partial charge in [0.25, 0.3) is 0 Å². The smallest absolute Gasteiger partial charge is 0.211 e. The molecule has 19 heavy (non-hydrogen) atoms. The molecule has 1 aliphatic rings. The predicted octanol–water partition coefficient (Wildman–Crippen LogP) is 1.23. The molecule has 1 fully saturated rings. The van der Waals surface area contributed by atoms with Crippen molar-refractivity contribution in [2.75, 3.05) is 12.4 Å². The molecular formula is C12H21N3O3S. The number of nitrogens with one attached hydrogen (secondary N) is 1. The zero-order valence-electron chi connectivity index (χ0n) is 11.5. The first-order valence-electron chi connectivity index (χ1n) is 6.59. The van der Waals surface area contributed by atoms with Crippen molar-refractivity contribution in [2.24, 2.45) is 0 Å². The van der Waals surface area contributed by atoms with Crippen molar-refractivity contribution < 1.29 is 13.2 Å². The Morgan fingerprint density at radius 1 is 1.58 bits per heavy atom. The number of rotatable bonds is 5. The lowest BCUT2D eigenvalue weighted by Crippen LogP contribution is -2.38. The molecule has 2 heterocycles. The summed E-state index contributed by atoms with van der Waals surface area (Å²) in [5, 5.41) is 4.27. The van der Waals surface area contributed by atoms with Crippen molar-refractivity contribution in [1.82, 2.24) is 14.5 Å². The first kappa shape index (κ1) is 14.5. The SMILES string of the molecule is CCS(=O)(=O)N[C@H]1CCO[C@@H]1c1ccnn1C(C)C. The van der Waals surface area contributed by atoms with Crippen LogP contribution in [0.4, 0.5) is 0 Å². The maximum Gasteiger partial charge on any atom is 0.211 e. The van der Waals surface area contributed by atoms with Gasteiger partial charge in [0, 0.05) is 18.8 Å². The summed E-state index contributed by atoms with van der Waals surface area (Å²) in [5.41, 5.74) is 0.927. The quantitative estimate of drug-likeness (QED) is 0.884. The fourth-order valence-corrected chi connectivity index (χ4v) is 3.17. The molecule has 0 aliphatic carbocycles. The van der Waals surface area contributed by atoms with Gasteiger partial charge in [0.15, 0.2) is 0 Å². The Morgan fingerprint density at radius 2 is 2.32 bits per heavy atom. The molecule has 0 saturated carbocycles. The van der Waals surface area contributed by atoms with E-state index >= 15 is 0 Å². The Labute approximate surface area is 114 Å². The van der Waals surface area contributed by atoms with Crippen LogP contribution in [0, 0.1) is 0 Å². The van der Waals surface area contributed by atoms with Crippen molar-refractivity contribution in [3.05, 3.63) is 18.0 Å². The fraction of sp³-hybridized carbons (Fsp3) is 0.750. The highest BCUT2D eigenvalue weighted by Gasteiger charge is 2.34.